The second kappa shape index (κ2) is 7.11. The molecule has 1 atom stereocenters. The van der Waals surface area contributed by atoms with Crippen molar-refractivity contribution < 1.29 is 17.9 Å². The van der Waals surface area contributed by atoms with Crippen LogP contribution >= 0.6 is 15.9 Å². The minimum absolute atomic E-state index is 0.235. The lowest BCUT2D eigenvalue weighted by molar-refractivity contribution is 0.324. The van der Waals surface area contributed by atoms with Crippen molar-refractivity contribution in [3.05, 3.63) is 94.5 Å². The van der Waals surface area contributed by atoms with Gasteiger partial charge < -0.3 is 9.47 Å². The van der Waals surface area contributed by atoms with Crippen LogP contribution in [0.15, 0.2) is 88.2 Å². The Labute approximate surface area is 166 Å². The van der Waals surface area contributed by atoms with Gasteiger partial charge in [0, 0.05) is 5.56 Å². The Morgan fingerprint density at radius 2 is 1.56 bits per heavy atom. The van der Waals surface area contributed by atoms with Gasteiger partial charge in [0.05, 0.1) is 16.0 Å². The lowest BCUT2D eigenvalue weighted by atomic mass is 9.91. The normalized spacial score (nSPS) is 18.9. The first kappa shape index (κ1) is 18.2. The van der Waals surface area contributed by atoms with Gasteiger partial charge in [0.2, 0.25) is 9.84 Å². The third-order valence-corrected chi connectivity index (χ3v) is 6.58. The zero-order valence-corrected chi connectivity index (χ0v) is 16.7. The first-order valence-corrected chi connectivity index (χ1v) is 10.9. The van der Waals surface area contributed by atoms with Gasteiger partial charge >= 0.3 is 0 Å². The molecule has 1 aliphatic rings. The smallest absolute Gasteiger partial charge is 0.213 e. The molecule has 0 saturated carbocycles. The summed E-state index contributed by atoms with van der Waals surface area (Å²) < 4.78 is 37.5. The van der Waals surface area contributed by atoms with Crippen molar-refractivity contribution in [2.24, 2.45) is 0 Å². The molecule has 1 unspecified atom stereocenters. The predicted octanol–water partition coefficient (Wildman–Crippen LogP) is 4.53. The number of ether oxygens (including phenoxy) is 2. The van der Waals surface area contributed by atoms with Gasteiger partial charge in [-0.15, -0.1) is 0 Å². The summed E-state index contributed by atoms with van der Waals surface area (Å²) >= 11 is 3.49. The summed E-state index contributed by atoms with van der Waals surface area (Å²) in [7, 11) is -3.57. The molecule has 4 nitrogen and oxygen atoms in total. The molecule has 1 saturated heterocycles. The molecule has 0 bridgehead atoms. The number of halogens is 1. The number of hydrogen-bond acceptors (Lipinski definition) is 4. The van der Waals surface area contributed by atoms with Crippen LogP contribution in [0.3, 0.4) is 0 Å². The number of benzene rings is 3. The minimum atomic E-state index is -3.57. The molecule has 6 heteroatoms. The molecule has 0 spiro atoms. The average Bonchev–Trinajstić information content (AvgIpc) is 3.50. The molecule has 0 N–H and O–H groups in total. The standard InChI is InChI=1S/C21H17BrO4S/c22-19-13-7-12-18(21(14-26-21)16-8-3-1-4-9-16)20(19)25-15-27(23,24)17-10-5-2-6-11-17/h1-13H,14-15H2. The molecule has 0 aromatic heterocycles. The summed E-state index contributed by atoms with van der Waals surface area (Å²) in [5.41, 5.74) is 1.22. The summed E-state index contributed by atoms with van der Waals surface area (Å²) in [4.78, 5) is 0.235. The topological polar surface area (TPSA) is 55.9 Å². The summed E-state index contributed by atoms with van der Waals surface area (Å²) in [5, 5.41) is 0. The van der Waals surface area contributed by atoms with E-state index in [4.69, 9.17) is 9.47 Å². The van der Waals surface area contributed by atoms with E-state index < -0.39 is 21.4 Å². The van der Waals surface area contributed by atoms with E-state index in [0.29, 0.717) is 16.8 Å². The largest absolute Gasteiger partial charge is 0.476 e. The Morgan fingerprint density at radius 1 is 0.926 bits per heavy atom. The molecule has 1 heterocycles. The van der Waals surface area contributed by atoms with Gasteiger partial charge in [0.15, 0.2) is 5.94 Å². The lowest BCUT2D eigenvalue weighted by Gasteiger charge is -2.19. The van der Waals surface area contributed by atoms with E-state index in [1.165, 1.54) is 0 Å². The summed E-state index contributed by atoms with van der Waals surface area (Å²) in [6.07, 6.45) is 0. The molecular weight excluding hydrogens is 428 g/mol. The molecule has 27 heavy (non-hydrogen) atoms. The molecule has 1 fully saturated rings. The quantitative estimate of drug-likeness (QED) is 0.523. The summed E-state index contributed by atoms with van der Waals surface area (Å²) in [6, 6.07) is 23.8. The Bertz CT molecular complexity index is 1050. The number of sulfone groups is 1. The fourth-order valence-electron chi connectivity index (χ4n) is 3.06. The average molecular weight is 445 g/mol. The van der Waals surface area contributed by atoms with E-state index >= 15 is 0 Å². The lowest BCUT2D eigenvalue weighted by Crippen LogP contribution is -2.17. The van der Waals surface area contributed by atoms with Gasteiger partial charge in [0.25, 0.3) is 0 Å². The van der Waals surface area contributed by atoms with Crippen LogP contribution in [0.5, 0.6) is 5.75 Å². The van der Waals surface area contributed by atoms with Crippen LogP contribution in [0.1, 0.15) is 11.1 Å². The van der Waals surface area contributed by atoms with Crippen LogP contribution in [0.2, 0.25) is 0 Å². The Balaban J connectivity index is 1.67. The van der Waals surface area contributed by atoms with Crippen LogP contribution in [0.4, 0.5) is 0 Å². The third-order valence-electron chi connectivity index (χ3n) is 4.54. The number of epoxide rings is 1. The number of hydrogen-bond donors (Lipinski definition) is 0. The highest BCUT2D eigenvalue weighted by molar-refractivity contribution is 9.10. The summed E-state index contributed by atoms with van der Waals surface area (Å²) in [5.74, 6) is 0.0377. The van der Waals surface area contributed by atoms with E-state index in [0.717, 1.165) is 11.1 Å². The monoisotopic (exact) mass is 444 g/mol. The first-order chi connectivity index (χ1) is 13.0. The molecule has 138 valence electrons. The second-order valence-corrected chi connectivity index (χ2v) is 9.08. The van der Waals surface area contributed by atoms with Crippen molar-refractivity contribution >= 4 is 25.8 Å². The fraction of sp³-hybridized carbons (Fsp3) is 0.143. The van der Waals surface area contributed by atoms with E-state index in [-0.39, 0.29) is 4.90 Å². The molecule has 3 aromatic rings. The van der Waals surface area contributed by atoms with Gasteiger partial charge in [-0.05, 0) is 39.7 Å². The molecule has 3 aromatic carbocycles. The van der Waals surface area contributed by atoms with E-state index in [2.05, 4.69) is 15.9 Å². The van der Waals surface area contributed by atoms with Gasteiger partial charge in [0.1, 0.15) is 11.4 Å². The minimum Gasteiger partial charge on any atom is -0.476 e. The SMILES string of the molecule is O=S(=O)(COc1c(Br)cccc1C1(c2ccccc2)CO1)c1ccccc1. The Morgan fingerprint density at radius 3 is 2.19 bits per heavy atom. The van der Waals surface area contributed by atoms with Crippen LogP contribution < -0.4 is 4.74 Å². The maximum absolute atomic E-state index is 12.6. The highest BCUT2D eigenvalue weighted by atomic mass is 79.9. The van der Waals surface area contributed by atoms with Gasteiger partial charge in [-0.1, -0.05) is 60.7 Å². The van der Waals surface area contributed by atoms with Crippen LogP contribution in [-0.2, 0) is 20.2 Å². The molecule has 0 radical (unpaired) electrons. The highest BCUT2D eigenvalue weighted by Crippen LogP contribution is 2.50. The fourth-order valence-corrected chi connectivity index (χ4v) is 4.52. The predicted molar refractivity (Wildman–Crippen MR) is 106 cm³/mol. The molecule has 1 aliphatic heterocycles. The van der Waals surface area contributed by atoms with Crippen molar-refractivity contribution in [2.45, 2.75) is 10.5 Å². The van der Waals surface area contributed by atoms with Gasteiger partial charge in [-0.3, -0.25) is 0 Å². The van der Waals surface area contributed by atoms with Crippen molar-refractivity contribution in [3.63, 3.8) is 0 Å². The van der Waals surface area contributed by atoms with Gasteiger partial charge in [-0.25, -0.2) is 8.42 Å². The van der Waals surface area contributed by atoms with Crippen molar-refractivity contribution in [3.8, 4) is 5.75 Å². The van der Waals surface area contributed by atoms with Crippen molar-refractivity contribution in [1.82, 2.24) is 0 Å². The maximum atomic E-state index is 12.6. The van der Waals surface area contributed by atoms with Crippen molar-refractivity contribution in [2.75, 3.05) is 12.5 Å². The number of para-hydroxylation sites is 1. The van der Waals surface area contributed by atoms with E-state index in [1.807, 2.05) is 48.5 Å². The molecule has 0 amide bonds. The Hall–Kier alpha value is -2.15. The van der Waals surface area contributed by atoms with E-state index in [1.54, 1.807) is 30.3 Å². The second-order valence-electron chi connectivity index (χ2n) is 6.29. The van der Waals surface area contributed by atoms with Crippen LogP contribution in [0.25, 0.3) is 0 Å². The third kappa shape index (κ3) is 3.52. The molecule has 0 aliphatic carbocycles. The summed E-state index contributed by atoms with van der Waals surface area (Å²) in [6.45, 7) is 0.523. The van der Waals surface area contributed by atoms with Crippen LogP contribution in [-0.4, -0.2) is 21.0 Å². The zero-order valence-electron chi connectivity index (χ0n) is 14.3. The first-order valence-electron chi connectivity index (χ1n) is 8.42. The number of rotatable bonds is 6. The molecular formula is C21H17BrO4S. The van der Waals surface area contributed by atoms with Crippen molar-refractivity contribution in [1.29, 1.82) is 0 Å². The van der Waals surface area contributed by atoms with Gasteiger partial charge in [-0.2, -0.15) is 0 Å². The maximum Gasteiger partial charge on any atom is 0.213 e. The Kier molecular flexibility index (Phi) is 4.80. The zero-order chi connectivity index (χ0) is 18.9. The highest BCUT2D eigenvalue weighted by Gasteiger charge is 2.50. The molecule has 4 rings (SSSR count). The van der Waals surface area contributed by atoms with Crippen LogP contribution in [0, 0.1) is 0 Å². The van der Waals surface area contributed by atoms with E-state index in [9.17, 15) is 8.42 Å².